The first-order chi connectivity index (χ1) is 12.5. The van der Waals surface area contributed by atoms with Crippen molar-refractivity contribution < 1.29 is 14.2 Å². The molecule has 1 aliphatic heterocycles. The zero-order valence-electron chi connectivity index (χ0n) is 14.6. The Morgan fingerprint density at radius 3 is 2.65 bits per heavy atom. The van der Waals surface area contributed by atoms with Crippen molar-refractivity contribution in [3.8, 4) is 16.9 Å². The summed E-state index contributed by atoms with van der Waals surface area (Å²) in [6, 6.07) is 10.2. The molecule has 0 atom stereocenters. The number of phenolic OH excluding ortho intramolecular Hbond substituents is 1. The van der Waals surface area contributed by atoms with Crippen molar-refractivity contribution in [2.45, 2.75) is 25.7 Å². The zero-order chi connectivity index (χ0) is 18.3. The molecule has 3 N–H and O–H groups in total. The van der Waals surface area contributed by atoms with Crippen LogP contribution >= 0.6 is 0 Å². The number of benzene rings is 2. The highest BCUT2D eigenvalue weighted by Gasteiger charge is 2.25. The lowest BCUT2D eigenvalue weighted by molar-refractivity contribution is 0.0855. The molecule has 0 bridgehead atoms. The van der Waals surface area contributed by atoms with Crippen molar-refractivity contribution in [1.29, 1.82) is 0 Å². The minimum atomic E-state index is -0.231. The minimum Gasteiger partial charge on any atom is -0.508 e. The van der Waals surface area contributed by atoms with E-state index in [1.54, 1.807) is 25.1 Å². The number of halogens is 1. The normalized spacial score (nSPS) is 15.5. The number of pyridine rings is 1. The molecule has 2 aromatic carbocycles. The van der Waals surface area contributed by atoms with Crippen LogP contribution in [-0.4, -0.2) is 23.3 Å². The highest BCUT2D eigenvalue weighted by atomic mass is 19.1. The van der Waals surface area contributed by atoms with Crippen LogP contribution in [-0.2, 0) is 4.74 Å². The molecule has 0 unspecified atom stereocenters. The molecule has 1 aromatic heterocycles. The molecule has 134 valence electrons. The van der Waals surface area contributed by atoms with Crippen LogP contribution in [0.3, 0.4) is 0 Å². The average molecular weight is 352 g/mol. The number of hydrogen-bond acceptors (Lipinski definition) is 4. The number of phenols is 1. The number of aromatic hydroxyl groups is 1. The molecule has 1 saturated heterocycles. The Bertz CT molecular complexity index is 981. The van der Waals surface area contributed by atoms with E-state index >= 15 is 0 Å². The van der Waals surface area contributed by atoms with Gasteiger partial charge < -0.3 is 15.6 Å². The van der Waals surface area contributed by atoms with Crippen molar-refractivity contribution in [1.82, 2.24) is 4.98 Å². The van der Waals surface area contributed by atoms with Crippen molar-refractivity contribution in [3.05, 3.63) is 53.3 Å². The van der Waals surface area contributed by atoms with E-state index < -0.39 is 0 Å². The Morgan fingerprint density at radius 1 is 1.15 bits per heavy atom. The average Bonchev–Trinajstić information content (AvgIpc) is 2.63. The van der Waals surface area contributed by atoms with Gasteiger partial charge in [0.1, 0.15) is 17.4 Å². The summed E-state index contributed by atoms with van der Waals surface area (Å²) in [6.07, 6.45) is 1.76. The Morgan fingerprint density at radius 2 is 1.92 bits per heavy atom. The summed E-state index contributed by atoms with van der Waals surface area (Å²) in [6.45, 7) is 3.14. The molecule has 2 heterocycles. The molecule has 0 radical (unpaired) electrons. The molecule has 26 heavy (non-hydrogen) atoms. The summed E-state index contributed by atoms with van der Waals surface area (Å²) in [5.74, 6) is 0.622. The molecule has 0 amide bonds. The van der Waals surface area contributed by atoms with Gasteiger partial charge in [0.2, 0.25) is 0 Å². The van der Waals surface area contributed by atoms with E-state index in [1.165, 1.54) is 6.07 Å². The molecular weight excluding hydrogens is 331 g/mol. The van der Waals surface area contributed by atoms with E-state index in [-0.39, 0.29) is 17.5 Å². The van der Waals surface area contributed by atoms with E-state index in [0.29, 0.717) is 30.1 Å². The summed E-state index contributed by atoms with van der Waals surface area (Å²) >= 11 is 0. The number of ether oxygens (including phenoxy) is 1. The molecule has 0 saturated carbocycles. The Balaban J connectivity index is 2.03. The van der Waals surface area contributed by atoms with Gasteiger partial charge in [0.25, 0.3) is 0 Å². The van der Waals surface area contributed by atoms with Crippen molar-refractivity contribution >= 4 is 16.7 Å². The van der Waals surface area contributed by atoms with Gasteiger partial charge in [-0.05, 0) is 66.6 Å². The molecule has 1 aliphatic rings. The molecule has 0 spiro atoms. The highest BCUT2D eigenvalue weighted by Crippen LogP contribution is 2.42. The van der Waals surface area contributed by atoms with Gasteiger partial charge in [0.15, 0.2) is 0 Å². The Kier molecular flexibility index (Phi) is 4.24. The van der Waals surface area contributed by atoms with Crippen LogP contribution in [0.25, 0.3) is 22.0 Å². The predicted octanol–water partition coefficient (Wildman–Crippen LogP) is 4.53. The number of aromatic nitrogens is 1. The smallest absolute Gasteiger partial charge is 0.128 e. The van der Waals surface area contributed by atoms with Crippen LogP contribution in [0.1, 0.15) is 29.9 Å². The van der Waals surface area contributed by atoms with Gasteiger partial charge in [-0.2, -0.15) is 0 Å². The number of fused-ring (bicyclic) bond motifs is 1. The van der Waals surface area contributed by atoms with Gasteiger partial charge in [0, 0.05) is 30.2 Å². The van der Waals surface area contributed by atoms with Gasteiger partial charge in [-0.1, -0.05) is 6.07 Å². The molecular formula is C21H21FN2O2. The fourth-order valence-electron chi connectivity index (χ4n) is 3.80. The summed E-state index contributed by atoms with van der Waals surface area (Å²) < 4.78 is 19.3. The van der Waals surface area contributed by atoms with Crippen molar-refractivity contribution in [2.24, 2.45) is 0 Å². The monoisotopic (exact) mass is 352 g/mol. The summed E-state index contributed by atoms with van der Waals surface area (Å²) in [7, 11) is 0. The van der Waals surface area contributed by atoms with Crippen LogP contribution in [0.5, 0.6) is 5.75 Å². The quantitative estimate of drug-likeness (QED) is 0.711. The number of rotatable bonds is 2. The molecule has 1 fully saturated rings. The van der Waals surface area contributed by atoms with E-state index in [1.807, 2.05) is 12.1 Å². The van der Waals surface area contributed by atoms with Crippen molar-refractivity contribution in [3.63, 3.8) is 0 Å². The van der Waals surface area contributed by atoms with E-state index in [2.05, 4.69) is 4.98 Å². The lowest BCUT2D eigenvalue weighted by Gasteiger charge is -2.26. The third kappa shape index (κ3) is 2.88. The predicted molar refractivity (Wildman–Crippen MR) is 101 cm³/mol. The molecule has 3 aromatic rings. The van der Waals surface area contributed by atoms with E-state index in [9.17, 15) is 9.50 Å². The SMILES string of the molecule is Cc1cc(-c2c(C3CCOCC3)c(N)nc3cc(O)ccc23)ccc1F. The van der Waals surface area contributed by atoms with Crippen LogP contribution in [0.15, 0.2) is 36.4 Å². The molecule has 4 nitrogen and oxygen atoms in total. The molecule has 5 heteroatoms. The van der Waals surface area contributed by atoms with Gasteiger partial charge >= 0.3 is 0 Å². The van der Waals surface area contributed by atoms with Crippen molar-refractivity contribution in [2.75, 3.05) is 18.9 Å². The Labute approximate surface area is 151 Å². The first-order valence-corrected chi connectivity index (χ1v) is 8.81. The third-order valence-electron chi connectivity index (χ3n) is 5.11. The first-order valence-electron chi connectivity index (χ1n) is 8.81. The maximum absolute atomic E-state index is 13.8. The molecule has 0 aliphatic carbocycles. The maximum atomic E-state index is 13.8. The topological polar surface area (TPSA) is 68.4 Å². The minimum absolute atomic E-state index is 0.143. The molecule has 4 rings (SSSR count). The van der Waals surface area contributed by atoms with Gasteiger partial charge in [0.05, 0.1) is 5.52 Å². The van der Waals surface area contributed by atoms with Crippen LogP contribution in [0.2, 0.25) is 0 Å². The summed E-state index contributed by atoms with van der Waals surface area (Å²) in [5, 5.41) is 10.7. The van der Waals surface area contributed by atoms with Crippen LogP contribution in [0, 0.1) is 12.7 Å². The number of nitrogens with two attached hydrogens (primary N) is 1. The van der Waals surface area contributed by atoms with Gasteiger partial charge in [-0.25, -0.2) is 9.37 Å². The van der Waals surface area contributed by atoms with E-state index in [4.69, 9.17) is 10.5 Å². The van der Waals surface area contributed by atoms with Gasteiger partial charge in [-0.15, -0.1) is 0 Å². The Hall–Kier alpha value is -2.66. The second-order valence-corrected chi connectivity index (χ2v) is 6.84. The number of anilines is 1. The first kappa shape index (κ1) is 16.8. The largest absolute Gasteiger partial charge is 0.508 e. The second-order valence-electron chi connectivity index (χ2n) is 6.84. The lowest BCUT2D eigenvalue weighted by Crippen LogP contribution is -2.17. The summed E-state index contributed by atoms with van der Waals surface area (Å²) in [5.41, 5.74) is 10.5. The third-order valence-corrected chi connectivity index (χ3v) is 5.11. The van der Waals surface area contributed by atoms with Crippen LogP contribution in [0.4, 0.5) is 10.2 Å². The van der Waals surface area contributed by atoms with Crippen LogP contribution < -0.4 is 5.73 Å². The lowest BCUT2D eigenvalue weighted by atomic mass is 9.84. The number of hydrogen-bond donors (Lipinski definition) is 2. The zero-order valence-corrected chi connectivity index (χ0v) is 14.6. The number of nitrogen functional groups attached to an aromatic ring is 1. The van der Waals surface area contributed by atoms with Gasteiger partial charge in [-0.3, -0.25) is 0 Å². The fourth-order valence-corrected chi connectivity index (χ4v) is 3.80. The standard InChI is InChI=1S/C21H21FN2O2/c1-12-10-14(2-5-17(12)22)19-16-4-3-15(25)11-18(16)24-21(23)20(19)13-6-8-26-9-7-13/h2-5,10-11,13,25H,6-9H2,1H3,(H2,23,24). The fraction of sp³-hybridized carbons (Fsp3) is 0.286. The second kappa shape index (κ2) is 6.57. The number of aryl methyl sites for hydroxylation is 1. The maximum Gasteiger partial charge on any atom is 0.128 e. The van der Waals surface area contributed by atoms with E-state index in [0.717, 1.165) is 34.9 Å². The summed E-state index contributed by atoms with van der Waals surface area (Å²) in [4.78, 5) is 4.54. The number of nitrogens with zero attached hydrogens (tertiary/aromatic N) is 1. The highest BCUT2D eigenvalue weighted by molar-refractivity contribution is 5.99.